The van der Waals surface area contributed by atoms with Gasteiger partial charge in [0, 0.05) is 6.20 Å². The standard InChI is InChI=1S/C12H15FN2O4/c1-12(2,3)19-11(17)15-9-8(13)5-7(6-14-9)10(16)18-4/h5-6H,1-4H3,(H,14,15,17). The highest BCUT2D eigenvalue weighted by atomic mass is 19.1. The van der Waals surface area contributed by atoms with Gasteiger partial charge in [0.2, 0.25) is 0 Å². The summed E-state index contributed by atoms with van der Waals surface area (Å²) >= 11 is 0. The molecule has 1 N–H and O–H groups in total. The second kappa shape index (κ2) is 5.64. The van der Waals surface area contributed by atoms with Crippen LogP contribution >= 0.6 is 0 Å². The SMILES string of the molecule is COC(=O)c1cnc(NC(=O)OC(C)(C)C)c(F)c1. The monoisotopic (exact) mass is 270 g/mol. The lowest BCUT2D eigenvalue weighted by atomic mass is 10.2. The number of aromatic nitrogens is 1. The van der Waals surface area contributed by atoms with E-state index in [0.717, 1.165) is 12.3 Å². The number of carbonyl (C=O) groups excluding carboxylic acids is 2. The van der Waals surface area contributed by atoms with Gasteiger partial charge in [0.25, 0.3) is 0 Å². The maximum Gasteiger partial charge on any atom is 0.413 e. The van der Waals surface area contributed by atoms with Crippen molar-refractivity contribution in [2.45, 2.75) is 26.4 Å². The smallest absolute Gasteiger partial charge is 0.413 e. The quantitative estimate of drug-likeness (QED) is 0.835. The van der Waals surface area contributed by atoms with Gasteiger partial charge in [0.1, 0.15) is 5.60 Å². The number of hydrogen-bond donors (Lipinski definition) is 1. The lowest BCUT2D eigenvalue weighted by Crippen LogP contribution is -2.27. The van der Waals surface area contributed by atoms with Crippen LogP contribution in [0.4, 0.5) is 15.0 Å². The second-order valence-electron chi connectivity index (χ2n) is 4.67. The van der Waals surface area contributed by atoms with Gasteiger partial charge in [-0.2, -0.15) is 0 Å². The Morgan fingerprint density at radius 1 is 1.37 bits per heavy atom. The molecule has 0 saturated carbocycles. The van der Waals surface area contributed by atoms with E-state index < -0.39 is 23.5 Å². The van der Waals surface area contributed by atoms with Crippen molar-refractivity contribution in [3.63, 3.8) is 0 Å². The average Bonchev–Trinajstić information content (AvgIpc) is 2.28. The molecule has 0 aliphatic heterocycles. The first kappa shape index (κ1) is 14.9. The summed E-state index contributed by atoms with van der Waals surface area (Å²) in [7, 11) is 1.17. The van der Waals surface area contributed by atoms with Crippen LogP contribution in [0.5, 0.6) is 0 Å². The molecule has 104 valence electrons. The topological polar surface area (TPSA) is 77.5 Å². The van der Waals surface area contributed by atoms with Crippen LogP contribution in [0.15, 0.2) is 12.3 Å². The minimum Gasteiger partial charge on any atom is -0.465 e. The van der Waals surface area contributed by atoms with Crippen molar-refractivity contribution in [2.75, 3.05) is 12.4 Å². The Hall–Kier alpha value is -2.18. The third kappa shape index (κ3) is 4.53. The number of rotatable bonds is 2. The first-order chi connectivity index (χ1) is 8.73. The van der Waals surface area contributed by atoms with Crippen molar-refractivity contribution in [3.8, 4) is 0 Å². The molecular formula is C12H15FN2O4. The molecule has 1 aromatic rings. The van der Waals surface area contributed by atoms with E-state index in [0.29, 0.717) is 0 Å². The van der Waals surface area contributed by atoms with Crippen LogP contribution in [0.1, 0.15) is 31.1 Å². The highest BCUT2D eigenvalue weighted by molar-refractivity contribution is 5.90. The summed E-state index contributed by atoms with van der Waals surface area (Å²) in [6, 6.07) is 0.922. The Bertz CT molecular complexity index is 497. The molecule has 0 atom stereocenters. The molecule has 6 nitrogen and oxygen atoms in total. The van der Waals surface area contributed by atoms with E-state index in [2.05, 4.69) is 15.0 Å². The number of nitrogens with zero attached hydrogens (tertiary/aromatic N) is 1. The van der Waals surface area contributed by atoms with E-state index in [9.17, 15) is 14.0 Å². The molecule has 0 unspecified atom stereocenters. The molecule has 0 saturated heterocycles. The number of halogens is 1. The number of methoxy groups -OCH3 is 1. The predicted molar refractivity (Wildman–Crippen MR) is 65.4 cm³/mol. The molecule has 1 amide bonds. The molecule has 19 heavy (non-hydrogen) atoms. The largest absolute Gasteiger partial charge is 0.465 e. The average molecular weight is 270 g/mol. The van der Waals surface area contributed by atoms with Gasteiger partial charge in [0.05, 0.1) is 12.7 Å². The molecular weight excluding hydrogens is 255 g/mol. The number of hydrogen-bond acceptors (Lipinski definition) is 5. The third-order valence-electron chi connectivity index (χ3n) is 1.88. The van der Waals surface area contributed by atoms with Crippen LogP contribution in [0, 0.1) is 5.82 Å². The van der Waals surface area contributed by atoms with Gasteiger partial charge in [-0.3, -0.25) is 5.32 Å². The number of nitrogens with one attached hydrogen (secondary N) is 1. The van der Waals surface area contributed by atoms with E-state index in [1.54, 1.807) is 20.8 Å². The van der Waals surface area contributed by atoms with Crippen LogP contribution < -0.4 is 5.32 Å². The number of anilines is 1. The number of ether oxygens (including phenoxy) is 2. The molecule has 7 heteroatoms. The fourth-order valence-corrected chi connectivity index (χ4v) is 1.16. The van der Waals surface area contributed by atoms with Gasteiger partial charge in [-0.15, -0.1) is 0 Å². The summed E-state index contributed by atoms with van der Waals surface area (Å²) < 4.78 is 23.0. The number of esters is 1. The van der Waals surface area contributed by atoms with E-state index in [4.69, 9.17) is 4.74 Å². The van der Waals surface area contributed by atoms with Crippen LogP contribution in [0.3, 0.4) is 0 Å². The molecule has 0 aromatic carbocycles. The summed E-state index contributed by atoms with van der Waals surface area (Å²) in [5.41, 5.74) is -0.748. The highest BCUT2D eigenvalue weighted by Crippen LogP contribution is 2.15. The van der Waals surface area contributed by atoms with Crippen LogP contribution in [-0.4, -0.2) is 29.8 Å². The summed E-state index contributed by atoms with van der Waals surface area (Å²) in [6.07, 6.45) is 0.270. The van der Waals surface area contributed by atoms with Gasteiger partial charge in [-0.25, -0.2) is 19.0 Å². The molecule has 0 fully saturated rings. The predicted octanol–water partition coefficient (Wildman–Crippen LogP) is 2.35. The van der Waals surface area contributed by atoms with Crippen molar-refractivity contribution in [2.24, 2.45) is 0 Å². The zero-order valence-electron chi connectivity index (χ0n) is 11.1. The lowest BCUT2D eigenvalue weighted by Gasteiger charge is -2.19. The molecule has 1 aromatic heterocycles. The van der Waals surface area contributed by atoms with E-state index in [-0.39, 0.29) is 11.4 Å². The molecule has 0 aliphatic carbocycles. The van der Waals surface area contributed by atoms with Crippen molar-refractivity contribution in [1.29, 1.82) is 0 Å². The first-order valence-corrected chi connectivity index (χ1v) is 5.47. The van der Waals surface area contributed by atoms with Gasteiger partial charge in [-0.05, 0) is 26.8 Å². The molecule has 1 rings (SSSR count). The zero-order valence-corrected chi connectivity index (χ0v) is 11.1. The Morgan fingerprint density at radius 3 is 2.47 bits per heavy atom. The summed E-state index contributed by atoms with van der Waals surface area (Å²) in [4.78, 5) is 26.2. The maximum absolute atomic E-state index is 13.6. The Balaban J connectivity index is 2.81. The summed E-state index contributed by atoms with van der Waals surface area (Å²) in [6.45, 7) is 5.03. The van der Waals surface area contributed by atoms with Gasteiger partial charge >= 0.3 is 12.1 Å². The minimum absolute atomic E-state index is 0.0465. The van der Waals surface area contributed by atoms with Crippen LogP contribution in [-0.2, 0) is 9.47 Å². The fourth-order valence-electron chi connectivity index (χ4n) is 1.16. The fraction of sp³-hybridized carbons (Fsp3) is 0.417. The normalized spacial score (nSPS) is 10.8. The number of amides is 1. The van der Waals surface area contributed by atoms with Gasteiger partial charge in [0.15, 0.2) is 11.6 Å². The maximum atomic E-state index is 13.6. The summed E-state index contributed by atoms with van der Waals surface area (Å²) in [5.74, 6) is -1.88. The van der Waals surface area contributed by atoms with Crippen LogP contribution in [0.25, 0.3) is 0 Å². The minimum atomic E-state index is -0.853. The van der Waals surface area contributed by atoms with Crippen LogP contribution in [0.2, 0.25) is 0 Å². The molecule has 0 spiro atoms. The second-order valence-corrected chi connectivity index (χ2v) is 4.67. The van der Waals surface area contributed by atoms with Gasteiger partial charge < -0.3 is 9.47 Å². The molecule has 0 radical (unpaired) electrons. The van der Waals surface area contributed by atoms with E-state index in [1.165, 1.54) is 7.11 Å². The van der Waals surface area contributed by atoms with Gasteiger partial charge in [-0.1, -0.05) is 0 Å². The van der Waals surface area contributed by atoms with Crippen molar-refractivity contribution >= 4 is 17.9 Å². The molecule has 0 aliphatic rings. The molecule has 0 bridgehead atoms. The lowest BCUT2D eigenvalue weighted by molar-refractivity contribution is 0.0598. The number of pyridine rings is 1. The zero-order chi connectivity index (χ0) is 14.6. The Labute approximate surface area is 109 Å². The highest BCUT2D eigenvalue weighted by Gasteiger charge is 2.18. The van der Waals surface area contributed by atoms with E-state index in [1.807, 2.05) is 0 Å². The Morgan fingerprint density at radius 2 is 2.00 bits per heavy atom. The molecule has 1 heterocycles. The first-order valence-electron chi connectivity index (χ1n) is 5.47. The van der Waals surface area contributed by atoms with Crippen molar-refractivity contribution in [3.05, 3.63) is 23.6 Å². The van der Waals surface area contributed by atoms with E-state index >= 15 is 0 Å². The summed E-state index contributed by atoms with van der Waals surface area (Å²) in [5, 5.41) is 2.15. The third-order valence-corrected chi connectivity index (χ3v) is 1.88. The Kier molecular flexibility index (Phi) is 4.42. The van der Waals surface area contributed by atoms with Crippen molar-refractivity contribution < 1.29 is 23.5 Å². The van der Waals surface area contributed by atoms with Crippen molar-refractivity contribution in [1.82, 2.24) is 4.98 Å². The number of carbonyl (C=O) groups is 2.